The zero-order chi connectivity index (χ0) is 23.0. The van der Waals surface area contributed by atoms with Crippen LogP contribution in [0, 0.1) is 0 Å². The first-order valence-corrected chi connectivity index (χ1v) is 10.4. The monoisotopic (exact) mass is 441 g/mol. The van der Waals surface area contributed by atoms with Crippen LogP contribution in [-0.2, 0) is 16.1 Å². The van der Waals surface area contributed by atoms with Crippen molar-refractivity contribution in [3.05, 3.63) is 102 Å². The van der Waals surface area contributed by atoms with Crippen molar-refractivity contribution in [3.63, 3.8) is 0 Å². The molecule has 4 aromatic rings. The minimum Gasteiger partial charge on any atom is -0.489 e. The SMILES string of the molecule is COC(=O)c1cc(OCc2ccccc2)ccc1NC(=O)COc1ccc2ccccc2c1. The molecular weight excluding hydrogens is 418 g/mol. The molecule has 0 heterocycles. The van der Waals surface area contributed by atoms with Crippen LogP contribution < -0.4 is 14.8 Å². The van der Waals surface area contributed by atoms with Crippen LogP contribution in [0.25, 0.3) is 10.8 Å². The number of benzene rings is 4. The molecule has 33 heavy (non-hydrogen) atoms. The van der Waals surface area contributed by atoms with E-state index in [9.17, 15) is 9.59 Å². The van der Waals surface area contributed by atoms with Gasteiger partial charge in [0.05, 0.1) is 18.4 Å². The lowest BCUT2D eigenvalue weighted by atomic mass is 10.1. The van der Waals surface area contributed by atoms with E-state index < -0.39 is 11.9 Å². The number of esters is 1. The normalized spacial score (nSPS) is 10.5. The Morgan fingerprint density at radius 2 is 1.45 bits per heavy atom. The third-order valence-corrected chi connectivity index (χ3v) is 5.01. The number of fused-ring (bicyclic) bond motifs is 1. The number of methoxy groups -OCH3 is 1. The zero-order valence-electron chi connectivity index (χ0n) is 18.1. The van der Waals surface area contributed by atoms with E-state index >= 15 is 0 Å². The number of anilines is 1. The van der Waals surface area contributed by atoms with Crippen molar-refractivity contribution in [2.24, 2.45) is 0 Å². The summed E-state index contributed by atoms with van der Waals surface area (Å²) < 4.78 is 16.3. The number of hydrogen-bond donors (Lipinski definition) is 1. The molecular formula is C27H23NO5. The fourth-order valence-electron chi connectivity index (χ4n) is 3.33. The summed E-state index contributed by atoms with van der Waals surface area (Å²) in [6.07, 6.45) is 0. The van der Waals surface area contributed by atoms with E-state index in [1.54, 1.807) is 18.2 Å². The van der Waals surface area contributed by atoms with Gasteiger partial charge in [0.1, 0.15) is 18.1 Å². The zero-order valence-corrected chi connectivity index (χ0v) is 18.1. The highest BCUT2D eigenvalue weighted by molar-refractivity contribution is 6.02. The molecule has 0 saturated heterocycles. The molecule has 166 valence electrons. The maximum absolute atomic E-state index is 12.5. The van der Waals surface area contributed by atoms with Crippen molar-refractivity contribution in [3.8, 4) is 11.5 Å². The second-order valence-corrected chi connectivity index (χ2v) is 7.32. The van der Waals surface area contributed by atoms with Crippen LogP contribution in [0.5, 0.6) is 11.5 Å². The molecule has 0 aromatic heterocycles. The standard InChI is InChI=1S/C27H23NO5/c1-31-27(30)24-16-23(32-17-19-7-3-2-4-8-19)13-14-25(24)28-26(29)18-33-22-12-11-20-9-5-6-10-21(20)15-22/h2-16H,17-18H2,1H3,(H,28,29). The maximum Gasteiger partial charge on any atom is 0.340 e. The van der Waals surface area contributed by atoms with Crippen molar-refractivity contribution in [1.29, 1.82) is 0 Å². The second-order valence-electron chi connectivity index (χ2n) is 7.32. The van der Waals surface area contributed by atoms with Gasteiger partial charge in [-0.05, 0) is 46.7 Å². The van der Waals surface area contributed by atoms with Gasteiger partial charge in [0, 0.05) is 0 Å². The van der Waals surface area contributed by atoms with Gasteiger partial charge in [-0.2, -0.15) is 0 Å². The fraction of sp³-hybridized carbons (Fsp3) is 0.111. The molecule has 6 nitrogen and oxygen atoms in total. The maximum atomic E-state index is 12.5. The van der Waals surface area contributed by atoms with Gasteiger partial charge in [-0.25, -0.2) is 4.79 Å². The minimum absolute atomic E-state index is 0.196. The number of amides is 1. The highest BCUT2D eigenvalue weighted by Gasteiger charge is 2.16. The Hall–Kier alpha value is -4.32. The van der Waals surface area contributed by atoms with Gasteiger partial charge >= 0.3 is 5.97 Å². The number of carbonyl (C=O) groups excluding carboxylic acids is 2. The molecule has 0 aliphatic heterocycles. The van der Waals surface area contributed by atoms with Crippen LogP contribution in [0.2, 0.25) is 0 Å². The van der Waals surface area contributed by atoms with E-state index in [0.717, 1.165) is 16.3 Å². The van der Waals surface area contributed by atoms with E-state index in [2.05, 4.69) is 5.32 Å². The lowest BCUT2D eigenvalue weighted by Gasteiger charge is -2.13. The Morgan fingerprint density at radius 1 is 0.758 bits per heavy atom. The van der Waals surface area contributed by atoms with Crippen LogP contribution >= 0.6 is 0 Å². The van der Waals surface area contributed by atoms with Crippen LogP contribution in [0.1, 0.15) is 15.9 Å². The van der Waals surface area contributed by atoms with Crippen LogP contribution in [0.3, 0.4) is 0 Å². The fourth-order valence-corrected chi connectivity index (χ4v) is 3.33. The quantitative estimate of drug-likeness (QED) is 0.379. The number of ether oxygens (including phenoxy) is 3. The third kappa shape index (κ3) is 5.68. The summed E-state index contributed by atoms with van der Waals surface area (Å²) >= 11 is 0. The highest BCUT2D eigenvalue weighted by Crippen LogP contribution is 2.24. The molecule has 0 unspecified atom stereocenters. The first-order valence-electron chi connectivity index (χ1n) is 10.4. The van der Waals surface area contributed by atoms with Crippen molar-refractivity contribution >= 4 is 28.3 Å². The molecule has 0 radical (unpaired) electrons. The number of hydrogen-bond acceptors (Lipinski definition) is 5. The molecule has 6 heteroatoms. The van der Waals surface area contributed by atoms with Gasteiger partial charge in [-0.1, -0.05) is 60.7 Å². The van der Waals surface area contributed by atoms with E-state index in [1.165, 1.54) is 7.11 Å². The molecule has 0 atom stereocenters. The molecule has 4 rings (SSSR count). The second kappa shape index (κ2) is 10.3. The van der Waals surface area contributed by atoms with Crippen LogP contribution in [0.4, 0.5) is 5.69 Å². The highest BCUT2D eigenvalue weighted by atomic mass is 16.5. The first kappa shape index (κ1) is 21.9. The molecule has 0 aliphatic rings. The van der Waals surface area contributed by atoms with Crippen molar-refractivity contribution in [2.45, 2.75) is 6.61 Å². The summed E-state index contributed by atoms with van der Waals surface area (Å²) in [5.41, 5.74) is 1.52. The Balaban J connectivity index is 1.41. The Labute approximate surface area is 191 Å². The Morgan fingerprint density at radius 3 is 2.24 bits per heavy atom. The van der Waals surface area contributed by atoms with Gasteiger partial charge in [0.25, 0.3) is 5.91 Å². The molecule has 1 amide bonds. The van der Waals surface area contributed by atoms with Crippen molar-refractivity contribution < 1.29 is 23.8 Å². The molecule has 1 N–H and O–H groups in total. The first-order chi connectivity index (χ1) is 16.1. The van der Waals surface area contributed by atoms with Gasteiger partial charge in [-0.15, -0.1) is 0 Å². The summed E-state index contributed by atoms with van der Waals surface area (Å²) in [7, 11) is 1.29. The Kier molecular flexibility index (Phi) is 6.85. The van der Waals surface area contributed by atoms with Gasteiger partial charge in [0.2, 0.25) is 0 Å². The van der Waals surface area contributed by atoms with Crippen LogP contribution in [0.15, 0.2) is 91.0 Å². The number of rotatable bonds is 8. The Bertz CT molecular complexity index is 1270. The molecule has 0 fully saturated rings. The van der Waals surface area contributed by atoms with E-state index in [0.29, 0.717) is 23.8 Å². The predicted molar refractivity (Wildman–Crippen MR) is 127 cm³/mol. The van der Waals surface area contributed by atoms with Crippen molar-refractivity contribution in [2.75, 3.05) is 19.0 Å². The summed E-state index contributed by atoms with van der Waals surface area (Å²) in [5.74, 6) is 0.101. The van der Waals surface area contributed by atoms with E-state index in [4.69, 9.17) is 14.2 Å². The number of nitrogens with one attached hydrogen (secondary N) is 1. The van der Waals surface area contributed by atoms with Crippen LogP contribution in [-0.4, -0.2) is 25.6 Å². The molecule has 0 aliphatic carbocycles. The average Bonchev–Trinajstić information content (AvgIpc) is 2.87. The smallest absolute Gasteiger partial charge is 0.340 e. The third-order valence-electron chi connectivity index (χ3n) is 5.01. The molecule has 0 spiro atoms. The lowest BCUT2D eigenvalue weighted by molar-refractivity contribution is -0.118. The minimum atomic E-state index is -0.578. The average molecular weight is 441 g/mol. The predicted octanol–water partition coefficient (Wildman–Crippen LogP) is 5.22. The largest absolute Gasteiger partial charge is 0.489 e. The van der Waals surface area contributed by atoms with Gasteiger partial charge < -0.3 is 19.5 Å². The van der Waals surface area contributed by atoms with Crippen molar-refractivity contribution in [1.82, 2.24) is 0 Å². The van der Waals surface area contributed by atoms with Gasteiger partial charge in [0.15, 0.2) is 6.61 Å². The van der Waals surface area contributed by atoms with E-state index in [-0.39, 0.29) is 12.2 Å². The molecule has 0 bridgehead atoms. The molecule has 0 saturated carbocycles. The van der Waals surface area contributed by atoms with E-state index in [1.807, 2.05) is 72.8 Å². The lowest BCUT2D eigenvalue weighted by Crippen LogP contribution is -2.21. The summed E-state index contributed by atoms with van der Waals surface area (Å²) in [6, 6.07) is 28.1. The number of carbonyl (C=O) groups is 2. The summed E-state index contributed by atoms with van der Waals surface area (Å²) in [4.78, 5) is 24.8. The summed E-state index contributed by atoms with van der Waals surface area (Å²) in [5, 5.41) is 4.83. The molecule has 4 aromatic carbocycles. The summed E-state index contributed by atoms with van der Waals surface area (Å²) in [6.45, 7) is 0.151. The topological polar surface area (TPSA) is 73.9 Å². The van der Waals surface area contributed by atoms with Gasteiger partial charge in [-0.3, -0.25) is 4.79 Å².